The number of carbonyl (C=O) groups is 4. The Kier molecular flexibility index (Phi) is 6.51. The number of nitrogens with one attached hydrogen (secondary N) is 1. The van der Waals surface area contributed by atoms with E-state index in [-0.39, 0.29) is 21.3 Å². The normalized spacial score (nSPS) is 14.9. The molecule has 2 heterocycles. The van der Waals surface area contributed by atoms with Gasteiger partial charge in [0.1, 0.15) is 5.57 Å². The summed E-state index contributed by atoms with van der Waals surface area (Å²) in [5.41, 5.74) is 2.69. The first-order valence-corrected chi connectivity index (χ1v) is 11.1. The molecule has 4 amide bonds. The van der Waals surface area contributed by atoms with Crippen molar-refractivity contribution in [3.63, 3.8) is 0 Å². The summed E-state index contributed by atoms with van der Waals surface area (Å²) in [6, 6.07) is 12.3. The number of ether oxygens (including phenoxy) is 1. The lowest BCUT2D eigenvalue weighted by atomic mass is 10.1. The van der Waals surface area contributed by atoms with Crippen molar-refractivity contribution in [2.75, 3.05) is 12.0 Å². The van der Waals surface area contributed by atoms with E-state index in [1.807, 2.05) is 11.5 Å². The Morgan fingerprint density at radius 2 is 1.69 bits per heavy atom. The second kappa shape index (κ2) is 9.40. The zero-order chi connectivity index (χ0) is 25.4. The zero-order valence-corrected chi connectivity index (χ0v) is 20.4. The van der Waals surface area contributed by atoms with Crippen LogP contribution in [-0.4, -0.2) is 35.5 Å². The SMILES string of the molecule is COC(=O)c1ccccc1-n1c(C)cc(/C=C2\C(=O)NC(=O)N(c3cccc(Cl)c3Cl)C2=O)c1C. The number of anilines is 1. The highest BCUT2D eigenvalue weighted by Crippen LogP contribution is 2.34. The number of aromatic nitrogens is 1. The number of esters is 1. The van der Waals surface area contributed by atoms with Gasteiger partial charge in [0.15, 0.2) is 0 Å². The number of rotatable bonds is 4. The van der Waals surface area contributed by atoms with E-state index in [1.165, 1.54) is 31.4 Å². The lowest BCUT2D eigenvalue weighted by Gasteiger charge is -2.27. The van der Waals surface area contributed by atoms with Crippen LogP contribution in [0.4, 0.5) is 10.5 Å². The maximum atomic E-state index is 13.3. The molecule has 0 unspecified atom stereocenters. The van der Waals surface area contributed by atoms with Crippen LogP contribution in [0.5, 0.6) is 0 Å². The average molecular weight is 512 g/mol. The Hall–Kier alpha value is -3.88. The van der Waals surface area contributed by atoms with Crippen LogP contribution >= 0.6 is 23.2 Å². The number of urea groups is 1. The Labute approximate surface area is 210 Å². The number of methoxy groups -OCH3 is 1. The topological polar surface area (TPSA) is 97.7 Å². The zero-order valence-electron chi connectivity index (χ0n) is 18.9. The Morgan fingerprint density at radius 3 is 2.40 bits per heavy atom. The first-order chi connectivity index (χ1) is 16.6. The summed E-state index contributed by atoms with van der Waals surface area (Å²) in [6.45, 7) is 3.61. The number of hydrogen-bond donors (Lipinski definition) is 1. The monoisotopic (exact) mass is 511 g/mol. The van der Waals surface area contributed by atoms with Crippen molar-refractivity contribution in [3.05, 3.63) is 86.7 Å². The summed E-state index contributed by atoms with van der Waals surface area (Å²) in [5.74, 6) is -2.18. The minimum absolute atomic E-state index is 0.00367. The second-order valence-corrected chi connectivity index (χ2v) is 8.49. The molecule has 0 bridgehead atoms. The van der Waals surface area contributed by atoms with E-state index in [4.69, 9.17) is 27.9 Å². The van der Waals surface area contributed by atoms with Crippen LogP contribution in [0.15, 0.2) is 54.1 Å². The number of amides is 4. The molecule has 1 fully saturated rings. The number of aryl methyl sites for hydroxylation is 1. The summed E-state index contributed by atoms with van der Waals surface area (Å²) in [4.78, 5) is 51.5. The summed E-state index contributed by atoms with van der Waals surface area (Å²) in [7, 11) is 1.30. The molecule has 1 aliphatic heterocycles. The second-order valence-electron chi connectivity index (χ2n) is 7.70. The van der Waals surface area contributed by atoms with Gasteiger partial charge in [-0.05, 0) is 55.8 Å². The summed E-state index contributed by atoms with van der Waals surface area (Å²) in [6.07, 6.45) is 1.40. The molecule has 8 nitrogen and oxygen atoms in total. The number of nitrogens with zero attached hydrogens (tertiary/aromatic N) is 2. The standard InChI is InChI=1S/C25H19Cl2N3O5/c1-13-11-15(14(2)29(13)19-9-5-4-7-16(19)24(33)35-3)12-17-22(31)28-25(34)30(23(17)32)20-10-6-8-18(26)21(20)27/h4-12H,1-3H3,(H,28,31,34)/b17-12+. The van der Waals surface area contributed by atoms with Gasteiger partial charge >= 0.3 is 12.0 Å². The molecular weight excluding hydrogens is 493 g/mol. The molecule has 0 aliphatic carbocycles. The van der Waals surface area contributed by atoms with Crippen LogP contribution in [0.25, 0.3) is 11.8 Å². The molecule has 2 aromatic carbocycles. The van der Waals surface area contributed by atoms with Crippen LogP contribution in [0, 0.1) is 13.8 Å². The van der Waals surface area contributed by atoms with Gasteiger partial charge in [-0.25, -0.2) is 14.5 Å². The van der Waals surface area contributed by atoms with E-state index < -0.39 is 23.8 Å². The van der Waals surface area contributed by atoms with Crippen LogP contribution < -0.4 is 10.2 Å². The van der Waals surface area contributed by atoms with Crippen molar-refractivity contribution >= 4 is 58.8 Å². The van der Waals surface area contributed by atoms with Crippen molar-refractivity contribution in [3.8, 4) is 5.69 Å². The predicted molar refractivity (Wildman–Crippen MR) is 132 cm³/mol. The number of hydrogen-bond acceptors (Lipinski definition) is 5. The molecule has 10 heteroatoms. The average Bonchev–Trinajstić information content (AvgIpc) is 3.11. The van der Waals surface area contributed by atoms with Gasteiger partial charge < -0.3 is 9.30 Å². The highest BCUT2D eigenvalue weighted by molar-refractivity contribution is 6.46. The number of benzene rings is 2. The summed E-state index contributed by atoms with van der Waals surface area (Å²) < 4.78 is 6.72. The molecule has 0 atom stereocenters. The molecule has 1 saturated heterocycles. The van der Waals surface area contributed by atoms with Gasteiger partial charge in [0, 0.05) is 11.4 Å². The van der Waals surface area contributed by atoms with Crippen molar-refractivity contribution in [2.24, 2.45) is 0 Å². The van der Waals surface area contributed by atoms with Crippen molar-refractivity contribution in [1.29, 1.82) is 0 Å². The molecule has 4 rings (SSSR count). The molecule has 1 aromatic heterocycles. The van der Waals surface area contributed by atoms with Crippen LogP contribution in [0.3, 0.4) is 0 Å². The highest BCUT2D eigenvalue weighted by atomic mass is 35.5. The van der Waals surface area contributed by atoms with Gasteiger partial charge in [0.25, 0.3) is 11.8 Å². The number of carbonyl (C=O) groups excluding carboxylic acids is 4. The number of imide groups is 2. The van der Waals surface area contributed by atoms with Crippen molar-refractivity contribution in [1.82, 2.24) is 9.88 Å². The quantitative estimate of drug-likeness (QED) is 0.306. The maximum Gasteiger partial charge on any atom is 0.339 e. The van der Waals surface area contributed by atoms with E-state index in [0.29, 0.717) is 22.5 Å². The summed E-state index contributed by atoms with van der Waals surface area (Å²) >= 11 is 12.3. The number of para-hydroxylation sites is 1. The molecule has 0 spiro atoms. The number of halogens is 2. The minimum Gasteiger partial charge on any atom is -0.465 e. The molecule has 0 radical (unpaired) electrons. The van der Waals surface area contributed by atoms with E-state index in [0.717, 1.165) is 10.6 Å². The molecule has 1 N–H and O–H groups in total. The third kappa shape index (κ3) is 4.22. The first-order valence-electron chi connectivity index (χ1n) is 10.4. The van der Waals surface area contributed by atoms with Crippen LogP contribution in [-0.2, 0) is 14.3 Å². The third-order valence-corrected chi connectivity index (χ3v) is 6.40. The van der Waals surface area contributed by atoms with Crippen molar-refractivity contribution < 1.29 is 23.9 Å². The Morgan fingerprint density at radius 1 is 1.00 bits per heavy atom. The molecule has 0 saturated carbocycles. The van der Waals surface area contributed by atoms with Gasteiger partial charge in [0.2, 0.25) is 0 Å². The van der Waals surface area contributed by atoms with E-state index in [9.17, 15) is 19.2 Å². The maximum absolute atomic E-state index is 13.3. The predicted octanol–water partition coefficient (Wildman–Crippen LogP) is 4.85. The number of barbiturate groups is 1. The van der Waals surface area contributed by atoms with Gasteiger partial charge in [-0.2, -0.15) is 0 Å². The summed E-state index contributed by atoms with van der Waals surface area (Å²) in [5, 5.41) is 2.33. The first kappa shape index (κ1) is 24.3. The van der Waals surface area contributed by atoms with Crippen molar-refractivity contribution in [2.45, 2.75) is 13.8 Å². The fraction of sp³-hybridized carbons (Fsp3) is 0.120. The van der Waals surface area contributed by atoms with Gasteiger partial charge in [-0.1, -0.05) is 41.4 Å². The Balaban J connectivity index is 1.81. The van der Waals surface area contributed by atoms with Crippen LogP contribution in [0.2, 0.25) is 10.0 Å². The lowest BCUT2D eigenvalue weighted by Crippen LogP contribution is -2.54. The molecule has 35 heavy (non-hydrogen) atoms. The fourth-order valence-electron chi connectivity index (χ4n) is 3.95. The van der Waals surface area contributed by atoms with Crippen LogP contribution in [0.1, 0.15) is 27.3 Å². The molecule has 178 valence electrons. The molecule has 1 aliphatic rings. The van der Waals surface area contributed by atoms with Gasteiger partial charge in [-0.15, -0.1) is 0 Å². The van der Waals surface area contributed by atoms with E-state index >= 15 is 0 Å². The largest absolute Gasteiger partial charge is 0.465 e. The third-order valence-electron chi connectivity index (χ3n) is 5.59. The minimum atomic E-state index is -0.932. The van der Waals surface area contributed by atoms with Gasteiger partial charge in [-0.3, -0.25) is 14.9 Å². The van der Waals surface area contributed by atoms with E-state index in [2.05, 4.69) is 5.32 Å². The fourth-order valence-corrected chi connectivity index (χ4v) is 4.33. The van der Waals surface area contributed by atoms with Gasteiger partial charge in [0.05, 0.1) is 34.1 Å². The Bertz CT molecular complexity index is 1440. The smallest absolute Gasteiger partial charge is 0.339 e. The lowest BCUT2D eigenvalue weighted by molar-refractivity contribution is -0.122. The van der Waals surface area contributed by atoms with E-state index in [1.54, 1.807) is 37.3 Å². The molecule has 3 aromatic rings. The molecular formula is C25H19Cl2N3O5. The highest BCUT2D eigenvalue weighted by Gasteiger charge is 2.38.